The van der Waals surface area contributed by atoms with Crippen LogP contribution in [0.3, 0.4) is 0 Å². The summed E-state index contributed by atoms with van der Waals surface area (Å²) in [6.45, 7) is -2.54. The molecule has 33 heavy (non-hydrogen) atoms. The van der Waals surface area contributed by atoms with Gasteiger partial charge >= 0.3 is 0 Å². The van der Waals surface area contributed by atoms with Crippen molar-refractivity contribution in [2.24, 2.45) is 6.98 Å². The van der Waals surface area contributed by atoms with Gasteiger partial charge in [-0.2, -0.15) is 4.80 Å². The van der Waals surface area contributed by atoms with Crippen molar-refractivity contribution in [1.82, 2.24) is 40.7 Å². The molecule has 0 radical (unpaired) electrons. The number of aromatic nitrogens is 7. The van der Waals surface area contributed by atoms with Crippen LogP contribution in [0.2, 0.25) is 0 Å². The van der Waals surface area contributed by atoms with Crippen LogP contribution in [0.15, 0.2) is 24.4 Å². The molecule has 0 unspecified atom stereocenters. The summed E-state index contributed by atoms with van der Waals surface area (Å²) >= 11 is 0. The molecule has 4 heterocycles. The summed E-state index contributed by atoms with van der Waals surface area (Å²) in [5, 5.41) is 33.8. The average Bonchev–Trinajstić information content (AvgIpc) is 3.55. The van der Waals surface area contributed by atoms with Crippen molar-refractivity contribution in [2.75, 3.05) is 4.90 Å². The van der Waals surface area contributed by atoms with E-state index in [0.717, 1.165) is 38.5 Å². The van der Waals surface area contributed by atoms with Gasteiger partial charge in [0.25, 0.3) is 0 Å². The van der Waals surface area contributed by atoms with Gasteiger partial charge in [0, 0.05) is 33.4 Å². The van der Waals surface area contributed by atoms with Crippen molar-refractivity contribution < 1.29 is 13.6 Å². The number of benzene rings is 1. The minimum absolute atomic E-state index is 0.0696. The predicted octanol–water partition coefficient (Wildman–Crippen LogP) is 2.02. The fraction of sp³-hybridized carbons (Fsp3) is 0.545. The lowest BCUT2D eigenvalue weighted by Crippen LogP contribution is -2.62. The van der Waals surface area contributed by atoms with E-state index in [1.54, 1.807) is 12.1 Å². The number of halogens is 1. The van der Waals surface area contributed by atoms with Crippen LogP contribution in [0.25, 0.3) is 22.6 Å². The van der Waals surface area contributed by atoms with Crippen molar-refractivity contribution >= 4 is 5.95 Å². The monoisotopic (exact) mass is 454 g/mol. The van der Waals surface area contributed by atoms with Gasteiger partial charge in [-0.15, -0.1) is 20.4 Å². The Labute approximate surface area is 194 Å². The van der Waals surface area contributed by atoms with Gasteiger partial charge in [-0.25, -0.2) is 9.37 Å². The lowest BCUT2D eigenvalue weighted by molar-refractivity contribution is 0.103. The Bertz CT molecular complexity index is 1250. The van der Waals surface area contributed by atoms with Crippen LogP contribution in [-0.4, -0.2) is 70.8 Å². The maximum Gasteiger partial charge on any atom is 0.245 e. The number of rotatable bonds is 5. The van der Waals surface area contributed by atoms with Gasteiger partial charge in [-0.1, -0.05) is 12.5 Å². The number of aromatic hydroxyl groups is 1. The highest BCUT2D eigenvalue weighted by atomic mass is 19.1. The quantitative estimate of drug-likeness (QED) is 0.597. The van der Waals surface area contributed by atoms with E-state index in [9.17, 15) is 5.11 Å². The van der Waals surface area contributed by atoms with Gasteiger partial charge < -0.3 is 15.3 Å². The number of phenolic OH excluding ortho intramolecular Hbond substituents is 1. The predicted molar refractivity (Wildman–Crippen MR) is 118 cm³/mol. The van der Waals surface area contributed by atoms with E-state index in [0.29, 0.717) is 33.6 Å². The van der Waals surface area contributed by atoms with Crippen LogP contribution in [0.4, 0.5) is 10.3 Å². The second-order valence-electron chi connectivity index (χ2n) is 9.06. The summed E-state index contributed by atoms with van der Waals surface area (Å²) < 4.78 is 37.5. The van der Waals surface area contributed by atoms with Crippen LogP contribution in [0.5, 0.6) is 5.75 Å². The number of piperidine rings is 2. The molecule has 172 valence electrons. The molecule has 1 aliphatic carbocycles. The standard InChI is InChI=1S/C22H26FN9O/c1-31-29-21(27-30-31)12-5-8-15(19(33)9-12)17-11-24-22(28-26-17)32(14-6-7-14)18-10-13-3-2-4-16(25-13)20(18)23/h5,8-9,11,13-14,16,18,20,25,33H,2-4,6-7,10H2,1H3/t13-,16-,18+,20-/m0/s1/i1D3. The molecular formula is C22H26FN9O. The van der Waals surface area contributed by atoms with Gasteiger partial charge in [-0.3, -0.25) is 0 Å². The third kappa shape index (κ3) is 3.79. The van der Waals surface area contributed by atoms with Crippen molar-refractivity contribution in [1.29, 1.82) is 0 Å². The molecule has 3 fully saturated rings. The summed E-state index contributed by atoms with van der Waals surface area (Å²) in [6, 6.07) is 4.79. The number of alkyl halides is 1. The number of nitrogens with one attached hydrogen (secondary N) is 1. The van der Waals surface area contributed by atoms with E-state index in [-0.39, 0.29) is 29.7 Å². The van der Waals surface area contributed by atoms with Crippen molar-refractivity contribution in [3.05, 3.63) is 24.4 Å². The molecule has 0 amide bonds. The van der Waals surface area contributed by atoms with Crippen molar-refractivity contribution in [2.45, 2.75) is 68.9 Å². The molecule has 0 spiro atoms. The molecule has 3 aliphatic rings. The van der Waals surface area contributed by atoms with Crippen molar-refractivity contribution in [3.63, 3.8) is 0 Å². The maximum atomic E-state index is 15.4. The molecule has 3 aromatic rings. The topological polar surface area (TPSA) is 118 Å². The number of tetrazole rings is 1. The summed E-state index contributed by atoms with van der Waals surface area (Å²) in [5.41, 5.74) is 1.15. The third-order valence-corrected chi connectivity index (χ3v) is 6.82. The number of hydrogen-bond donors (Lipinski definition) is 2. The molecule has 4 atom stereocenters. The molecule has 10 nitrogen and oxygen atoms in total. The Hall–Kier alpha value is -3.21. The Morgan fingerprint density at radius 2 is 2.12 bits per heavy atom. The molecule has 6 rings (SSSR count). The van der Waals surface area contributed by atoms with Crippen LogP contribution in [0.1, 0.15) is 42.6 Å². The second-order valence-corrected chi connectivity index (χ2v) is 9.06. The summed E-state index contributed by atoms with van der Waals surface area (Å²) in [4.78, 5) is 7.10. The van der Waals surface area contributed by atoms with E-state index in [4.69, 9.17) is 4.11 Å². The van der Waals surface area contributed by atoms with Crippen LogP contribution in [-0.2, 0) is 6.98 Å². The summed E-state index contributed by atoms with van der Waals surface area (Å²) in [5.74, 6) is 0.367. The van der Waals surface area contributed by atoms with Gasteiger partial charge in [0.05, 0.1) is 19.2 Å². The number of phenols is 1. The second kappa shape index (κ2) is 7.98. The van der Waals surface area contributed by atoms with Gasteiger partial charge in [0.2, 0.25) is 11.8 Å². The lowest BCUT2D eigenvalue weighted by atomic mass is 9.82. The largest absolute Gasteiger partial charge is 0.507 e. The van der Waals surface area contributed by atoms with Gasteiger partial charge in [0.15, 0.2) is 0 Å². The normalized spacial score (nSPS) is 28.6. The Morgan fingerprint density at radius 3 is 2.85 bits per heavy atom. The Balaban J connectivity index is 1.24. The Kier molecular flexibility index (Phi) is 4.18. The fourth-order valence-corrected chi connectivity index (χ4v) is 5.11. The van der Waals surface area contributed by atoms with E-state index in [1.807, 2.05) is 4.90 Å². The first kappa shape index (κ1) is 17.3. The highest BCUT2D eigenvalue weighted by Crippen LogP contribution is 2.39. The van der Waals surface area contributed by atoms with Crippen LogP contribution in [0, 0.1) is 0 Å². The smallest absolute Gasteiger partial charge is 0.245 e. The SMILES string of the molecule is [2H]C([2H])([2H])n1nnc(-c2ccc(-c3cnc(N(C4CC4)[C@@H]4C[C@@H]5CCC[C@H](N5)[C@@H]4F)nn3)c(O)c2)n1. The van der Waals surface area contributed by atoms with E-state index in [2.05, 4.69) is 35.9 Å². The number of fused-ring (bicyclic) bond motifs is 2. The number of aryl methyl sites for hydroxylation is 1. The summed E-state index contributed by atoms with van der Waals surface area (Å²) in [6.07, 6.45) is 6.21. The first-order valence-electron chi connectivity index (χ1n) is 12.8. The van der Waals surface area contributed by atoms with E-state index in [1.165, 1.54) is 12.3 Å². The van der Waals surface area contributed by atoms with Crippen LogP contribution < -0.4 is 10.2 Å². The zero-order valence-electron chi connectivity index (χ0n) is 20.8. The highest BCUT2D eigenvalue weighted by molar-refractivity contribution is 5.71. The average molecular weight is 455 g/mol. The molecule has 2 N–H and O–H groups in total. The zero-order valence-corrected chi connectivity index (χ0v) is 17.8. The maximum absolute atomic E-state index is 15.4. The summed E-state index contributed by atoms with van der Waals surface area (Å²) in [7, 11) is 0. The minimum Gasteiger partial charge on any atom is -0.507 e. The highest BCUT2D eigenvalue weighted by Gasteiger charge is 2.47. The molecular weight excluding hydrogens is 425 g/mol. The van der Waals surface area contributed by atoms with Crippen LogP contribution >= 0.6 is 0 Å². The first-order chi connectivity index (χ1) is 17.3. The molecule has 2 aromatic heterocycles. The number of hydrogen-bond acceptors (Lipinski definition) is 9. The lowest BCUT2D eigenvalue weighted by Gasteiger charge is -2.46. The third-order valence-electron chi connectivity index (χ3n) is 6.82. The molecule has 1 saturated carbocycles. The molecule has 11 heteroatoms. The number of nitrogens with zero attached hydrogens (tertiary/aromatic N) is 8. The minimum atomic E-state index is -2.54. The number of anilines is 1. The van der Waals surface area contributed by atoms with E-state index < -0.39 is 13.1 Å². The fourth-order valence-electron chi connectivity index (χ4n) is 5.11. The van der Waals surface area contributed by atoms with Gasteiger partial charge in [-0.05, 0) is 49.5 Å². The molecule has 2 saturated heterocycles. The zero-order chi connectivity index (χ0) is 25.0. The van der Waals surface area contributed by atoms with E-state index >= 15 is 4.39 Å². The Morgan fingerprint density at radius 1 is 1.21 bits per heavy atom. The molecule has 1 aromatic carbocycles. The van der Waals surface area contributed by atoms with Gasteiger partial charge in [0.1, 0.15) is 17.6 Å². The molecule has 2 aliphatic heterocycles. The molecule has 2 bridgehead atoms. The first-order valence-corrected chi connectivity index (χ1v) is 11.3. The van der Waals surface area contributed by atoms with Crippen molar-refractivity contribution in [3.8, 4) is 28.4 Å².